The molecule has 0 saturated carbocycles. The van der Waals surface area contributed by atoms with Gasteiger partial charge < -0.3 is 19.7 Å². The summed E-state index contributed by atoms with van der Waals surface area (Å²) in [5.74, 6) is 0.426. The summed E-state index contributed by atoms with van der Waals surface area (Å²) in [4.78, 5) is 26.6. The Hall–Kier alpha value is -3.09. The lowest BCUT2D eigenvalue weighted by atomic mass is 10.1. The zero-order valence-corrected chi connectivity index (χ0v) is 15.9. The standard InChI is InChI=1S/C21H23FN2O4/c1-27-17-7-8-18(19(12-17)28-2)21(26)23-16-11-20(25)24(13-16)10-9-14-3-5-15(22)6-4-14/h3-8,12,16H,9-11,13H2,1-2H3,(H,23,26)/t16-/m0/s1. The van der Waals surface area contributed by atoms with Crippen LogP contribution in [0.3, 0.4) is 0 Å². The summed E-state index contributed by atoms with van der Waals surface area (Å²) in [6.07, 6.45) is 0.895. The topological polar surface area (TPSA) is 67.9 Å². The van der Waals surface area contributed by atoms with Crippen LogP contribution in [-0.2, 0) is 11.2 Å². The highest BCUT2D eigenvalue weighted by Crippen LogP contribution is 2.25. The molecule has 6 nitrogen and oxygen atoms in total. The number of hydrogen-bond acceptors (Lipinski definition) is 4. The average Bonchev–Trinajstić information content (AvgIpc) is 3.05. The third-order valence-electron chi connectivity index (χ3n) is 4.79. The van der Waals surface area contributed by atoms with Gasteiger partial charge in [0, 0.05) is 25.6 Å². The van der Waals surface area contributed by atoms with E-state index in [1.807, 2.05) is 0 Å². The molecule has 0 spiro atoms. The van der Waals surface area contributed by atoms with E-state index in [1.165, 1.54) is 19.2 Å². The average molecular weight is 386 g/mol. The van der Waals surface area contributed by atoms with Crippen LogP contribution in [-0.4, -0.2) is 50.1 Å². The summed E-state index contributed by atoms with van der Waals surface area (Å²) < 4.78 is 23.4. The molecule has 28 heavy (non-hydrogen) atoms. The lowest BCUT2D eigenvalue weighted by Gasteiger charge is -2.18. The number of amides is 2. The second-order valence-corrected chi connectivity index (χ2v) is 6.66. The van der Waals surface area contributed by atoms with Gasteiger partial charge >= 0.3 is 0 Å². The largest absolute Gasteiger partial charge is 0.497 e. The Morgan fingerprint density at radius 2 is 1.93 bits per heavy atom. The van der Waals surface area contributed by atoms with E-state index in [-0.39, 0.29) is 30.1 Å². The number of carbonyl (C=O) groups excluding carboxylic acids is 2. The summed E-state index contributed by atoms with van der Waals surface area (Å²) in [5.41, 5.74) is 1.35. The lowest BCUT2D eigenvalue weighted by Crippen LogP contribution is -2.37. The monoisotopic (exact) mass is 386 g/mol. The third-order valence-corrected chi connectivity index (χ3v) is 4.79. The predicted octanol–water partition coefficient (Wildman–Crippen LogP) is 2.42. The van der Waals surface area contributed by atoms with Gasteiger partial charge in [-0.25, -0.2) is 4.39 Å². The van der Waals surface area contributed by atoms with Crippen LogP contribution in [0.2, 0.25) is 0 Å². The van der Waals surface area contributed by atoms with Gasteiger partial charge in [0.05, 0.1) is 25.8 Å². The maximum Gasteiger partial charge on any atom is 0.255 e. The van der Waals surface area contributed by atoms with Crippen LogP contribution < -0.4 is 14.8 Å². The van der Waals surface area contributed by atoms with Crippen molar-refractivity contribution < 1.29 is 23.5 Å². The van der Waals surface area contributed by atoms with E-state index in [0.717, 1.165) is 5.56 Å². The number of methoxy groups -OCH3 is 2. The Kier molecular flexibility index (Phi) is 6.13. The summed E-state index contributed by atoms with van der Waals surface area (Å²) in [6, 6.07) is 10.9. The first-order valence-corrected chi connectivity index (χ1v) is 9.05. The van der Waals surface area contributed by atoms with Crippen molar-refractivity contribution in [3.63, 3.8) is 0 Å². The van der Waals surface area contributed by atoms with Crippen molar-refractivity contribution in [1.29, 1.82) is 0 Å². The maximum absolute atomic E-state index is 13.0. The molecule has 0 aliphatic carbocycles. The van der Waals surface area contributed by atoms with Gasteiger partial charge in [0.1, 0.15) is 17.3 Å². The number of ether oxygens (including phenoxy) is 2. The van der Waals surface area contributed by atoms with Crippen molar-refractivity contribution in [2.75, 3.05) is 27.3 Å². The van der Waals surface area contributed by atoms with E-state index in [4.69, 9.17) is 9.47 Å². The molecule has 0 aromatic heterocycles. The zero-order valence-electron chi connectivity index (χ0n) is 15.9. The van der Waals surface area contributed by atoms with Crippen LogP contribution in [0, 0.1) is 5.82 Å². The number of halogens is 1. The minimum absolute atomic E-state index is 0.00546. The van der Waals surface area contributed by atoms with E-state index in [0.29, 0.717) is 36.6 Å². The molecule has 1 heterocycles. The van der Waals surface area contributed by atoms with Crippen molar-refractivity contribution in [2.24, 2.45) is 0 Å². The van der Waals surface area contributed by atoms with E-state index < -0.39 is 0 Å². The van der Waals surface area contributed by atoms with Gasteiger partial charge in [-0.1, -0.05) is 12.1 Å². The highest BCUT2D eigenvalue weighted by molar-refractivity contribution is 5.97. The SMILES string of the molecule is COc1ccc(C(=O)N[C@H]2CC(=O)N(CCc3ccc(F)cc3)C2)c(OC)c1. The van der Waals surface area contributed by atoms with E-state index >= 15 is 0 Å². The first-order valence-electron chi connectivity index (χ1n) is 9.05. The van der Waals surface area contributed by atoms with Crippen molar-refractivity contribution in [1.82, 2.24) is 10.2 Å². The van der Waals surface area contributed by atoms with Gasteiger partial charge in [-0.15, -0.1) is 0 Å². The summed E-state index contributed by atoms with van der Waals surface area (Å²) in [6.45, 7) is 0.979. The second-order valence-electron chi connectivity index (χ2n) is 6.66. The summed E-state index contributed by atoms with van der Waals surface area (Å²) >= 11 is 0. The summed E-state index contributed by atoms with van der Waals surface area (Å²) in [7, 11) is 3.03. The van der Waals surface area contributed by atoms with Gasteiger partial charge in [-0.2, -0.15) is 0 Å². The molecular weight excluding hydrogens is 363 g/mol. The quantitative estimate of drug-likeness (QED) is 0.794. The zero-order chi connectivity index (χ0) is 20.1. The number of carbonyl (C=O) groups is 2. The molecule has 2 aromatic rings. The number of nitrogens with one attached hydrogen (secondary N) is 1. The number of benzene rings is 2. The second kappa shape index (κ2) is 8.73. The van der Waals surface area contributed by atoms with Crippen molar-refractivity contribution in [3.8, 4) is 11.5 Å². The van der Waals surface area contributed by atoms with Crippen molar-refractivity contribution in [3.05, 3.63) is 59.4 Å². The molecule has 1 aliphatic rings. The summed E-state index contributed by atoms with van der Waals surface area (Å²) in [5, 5.41) is 2.90. The van der Waals surface area contributed by atoms with Crippen LogP contribution in [0.25, 0.3) is 0 Å². The number of nitrogens with zero attached hydrogens (tertiary/aromatic N) is 1. The van der Waals surface area contributed by atoms with Crippen molar-refractivity contribution in [2.45, 2.75) is 18.9 Å². The molecule has 3 rings (SSSR count). The first-order chi connectivity index (χ1) is 13.5. The fourth-order valence-electron chi connectivity index (χ4n) is 3.25. The molecule has 1 fully saturated rings. The van der Waals surface area contributed by atoms with Crippen LogP contribution >= 0.6 is 0 Å². The van der Waals surface area contributed by atoms with Gasteiger partial charge in [-0.05, 0) is 36.2 Å². The molecule has 1 aliphatic heterocycles. The molecule has 1 atom stereocenters. The molecule has 2 aromatic carbocycles. The Morgan fingerprint density at radius 1 is 1.18 bits per heavy atom. The van der Waals surface area contributed by atoms with Gasteiger partial charge in [-0.3, -0.25) is 9.59 Å². The highest BCUT2D eigenvalue weighted by Gasteiger charge is 2.31. The van der Waals surface area contributed by atoms with Gasteiger partial charge in [0.2, 0.25) is 5.91 Å². The normalized spacial score (nSPS) is 16.2. The minimum atomic E-state index is -0.294. The molecule has 0 unspecified atom stereocenters. The molecule has 2 amide bonds. The van der Waals surface area contributed by atoms with E-state index in [1.54, 1.807) is 42.3 Å². The highest BCUT2D eigenvalue weighted by atomic mass is 19.1. The Balaban J connectivity index is 1.57. The Morgan fingerprint density at radius 3 is 2.61 bits per heavy atom. The molecule has 1 saturated heterocycles. The molecule has 7 heteroatoms. The molecule has 148 valence electrons. The lowest BCUT2D eigenvalue weighted by molar-refractivity contribution is -0.127. The molecular formula is C21H23FN2O4. The van der Waals surface area contributed by atoms with Crippen LogP contribution in [0.5, 0.6) is 11.5 Å². The van der Waals surface area contributed by atoms with Gasteiger partial charge in [0.15, 0.2) is 0 Å². The van der Waals surface area contributed by atoms with Gasteiger partial charge in [0.25, 0.3) is 5.91 Å². The fraction of sp³-hybridized carbons (Fsp3) is 0.333. The number of likely N-dealkylation sites (tertiary alicyclic amines) is 1. The molecule has 0 bridgehead atoms. The third kappa shape index (κ3) is 4.60. The van der Waals surface area contributed by atoms with Crippen molar-refractivity contribution >= 4 is 11.8 Å². The van der Waals surface area contributed by atoms with Crippen LogP contribution in [0.4, 0.5) is 4.39 Å². The molecule has 0 radical (unpaired) electrons. The Bertz CT molecular complexity index is 854. The maximum atomic E-state index is 13.0. The minimum Gasteiger partial charge on any atom is -0.497 e. The van der Waals surface area contributed by atoms with E-state index in [9.17, 15) is 14.0 Å². The predicted molar refractivity (Wildman–Crippen MR) is 102 cm³/mol. The molecule has 1 N–H and O–H groups in total. The smallest absolute Gasteiger partial charge is 0.255 e. The van der Waals surface area contributed by atoms with Crippen LogP contribution in [0.15, 0.2) is 42.5 Å². The number of rotatable bonds is 7. The van der Waals surface area contributed by atoms with Crippen LogP contribution in [0.1, 0.15) is 22.3 Å². The van der Waals surface area contributed by atoms with E-state index in [2.05, 4.69) is 5.32 Å². The Labute approximate surface area is 163 Å². The fourth-order valence-corrected chi connectivity index (χ4v) is 3.25. The number of hydrogen-bond donors (Lipinski definition) is 1. The first kappa shape index (κ1) is 19.7.